The van der Waals surface area contributed by atoms with Gasteiger partial charge in [0.2, 0.25) is 0 Å². The monoisotopic (exact) mass is 281 g/mol. The number of nitrogens with one attached hydrogen (secondary N) is 1. The molecule has 18 heavy (non-hydrogen) atoms. The zero-order valence-electron chi connectivity index (χ0n) is 10.7. The molecule has 4 heteroatoms. The van der Waals surface area contributed by atoms with E-state index < -0.39 is 0 Å². The van der Waals surface area contributed by atoms with E-state index in [2.05, 4.69) is 23.7 Å². The maximum atomic E-state index is 6.00. The first-order chi connectivity index (χ1) is 8.65. The highest BCUT2D eigenvalue weighted by molar-refractivity contribution is 7.10. The molecule has 1 atom stereocenters. The molecule has 1 aromatic heterocycles. The Hall–Kier alpha value is -1.03. The molecule has 0 bridgehead atoms. The van der Waals surface area contributed by atoms with E-state index in [1.165, 1.54) is 10.4 Å². The quantitative estimate of drug-likeness (QED) is 0.914. The van der Waals surface area contributed by atoms with Gasteiger partial charge in [-0.3, -0.25) is 0 Å². The van der Waals surface area contributed by atoms with Crippen molar-refractivity contribution in [3.05, 3.63) is 50.7 Å². The van der Waals surface area contributed by atoms with Crippen molar-refractivity contribution >= 4 is 22.9 Å². The Labute approximate surface area is 117 Å². The van der Waals surface area contributed by atoms with Crippen LogP contribution in [-0.4, -0.2) is 14.2 Å². The predicted molar refractivity (Wildman–Crippen MR) is 78.0 cm³/mol. The van der Waals surface area contributed by atoms with Crippen molar-refractivity contribution in [2.75, 3.05) is 14.2 Å². The van der Waals surface area contributed by atoms with E-state index in [4.69, 9.17) is 16.3 Å². The molecule has 96 valence electrons. The summed E-state index contributed by atoms with van der Waals surface area (Å²) in [6.45, 7) is 2.11. The van der Waals surface area contributed by atoms with E-state index in [0.717, 1.165) is 11.3 Å². The van der Waals surface area contributed by atoms with Gasteiger partial charge in [0.25, 0.3) is 0 Å². The fourth-order valence-corrected chi connectivity index (χ4v) is 2.93. The lowest BCUT2D eigenvalue weighted by Gasteiger charge is -2.18. The standard InChI is InChI=1S/C14H16ClNOS/c1-9-6-10(8-18-9)14(16-2)12-5-4-11(15)7-13(12)17-3/h4-8,14,16H,1-3H3. The lowest BCUT2D eigenvalue weighted by Crippen LogP contribution is -2.17. The minimum absolute atomic E-state index is 0.127. The van der Waals surface area contributed by atoms with Gasteiger partial charge in [0.05, 0.1) is 13.2 Å². The third-order valence-electron chi connectivity index (χ3n) is 2.88. The summed E-state index contributed by atoms with van der Waals surface area (Å²) in [6.07, 6.45) is 0. The molecule has 0 spiro atoms. The maximum Gasteiger partial charge on any atom is 0.125 e. The Kier molecular flexibility index (Phi) is 4.27. The van der Waals surface area contributed by atoms with Gasteiger partial charge in [0.1, 0.15) is 5.75 Å². The second-order valence-electron chi connectivity index (χ2n) is 4.10. The van der Waals surface area contributed by atoms with E-state index in [-0.39, 0.29) is 6.04 Å². The fraction of sp³-hybridized carbons (Fsp3) is 0.286. The molecule has 2 rings (SSSR count). The van der Waals surface area contributed by atoms with Crippen LogP contribution in [0.2, 0.25) is 5.02 Å². The van der Waals surface area contributed by atoms with Crippen molar-refractivity contribution in [1.82, 2.24) is 5.32 Å². The van der Waals surface area contributed by atoms with Gasteiger partial charge >= 0.3 is 0 Å². The molecule has 0 amide bonds. The van der Waals surface area contributed by atoms with Crippen molar-refractivity contribution in [2.24, 2.45) is 0 Å². The van der Waals surface area contributed by atoms with Gasteiger partial charge in [-0.2, -0.15) is 0 Å². The van der Waals surface area contributed by atoms with Crippen molar-refractivity contribution in [3.63, 3.8) is 0 Å². The third-order valence-corrected chi connectivity index (χ3v) is 3.99. The van der Waals surface area contributed by atoms with Crippen LogP contribution < -0.4 is 10.1 Å². The Morgan fingerprint density at radius 2 is 2.11 bits per heavy atom. The maximum absolute atomic E-state index is 6.00. The van der Waals surface area contributed by atoms with Crippen LogP contribution in [0.15, 0.2) is 29.6 Å². The van der Waals surface area contributed by atoms with Crippen LogP contribution in [0.5, 0.6) is 5.75 Å². The summed E-state index contributed by atoms with van der Waals surface area (Å²) < 4.78 is 5.42. The van der Waals surface area contributed by atoms with Crippen LogP contribution in [0.25, 0.3) is 0 Å². The molecule has 0 fully saturated rings. The second kappa shape index (κ2) is 5.74. The number of methoxy groups -OCH3 is 1. The molecule has 1 heterocycles. The van der Waals surface area contributed by atoms with Crippen molar-refractivity contribution in [3.8, 4) is 5.75 Å². The molecule has 0 aliphatic heterocycles. The average Bonchev–Trinajstić information content (AvgIpc) is 2.78. The fourth-order valence-electron chi connectivity index (χ4n) is 2.04. The number of hydrogen-bond donors (Lipinski definition) is 1. The largest absolute Gasteiger partial charge is 0.496 e. The minimum atomic E-state index is 0.127. The summed E-state index contributed by atoms with van der Waals surface area (Å²) in [4.78, 5) is 1.30. The topological polar surface area (TPSA) is 21.3 Å². The summed E-state index contributed by atoms with van der Waals surface area (Å²) in [7, 11) is 3.62. The number of thiophene rings is 1. The summed E-state index contributed by atoms with van der Waals surface area (Å²) >= 11 is 7.75. The summed E-state index contributed by atoms with van der Waals surface area (Å²) in [5.74, 6) is 0.811. The zero-order valence-corrected chi connectivity index (χ0v) is 12.2. The highest BCUT2D eigenvalue weighted by atomic mass is 35.5. The number of benzene rings is 1. The number of halogens is 1. The van der Waals surface area contributed by atoms with Crippen molar-refractivity contribution < 1.29 is 4.74 Å². The Bertz CT molecular complexity index is 538. The van der Waals surface area contributed by atoms with Gasteiger partial charge < -0.3 is 10.1 Å². The first-order valence-corrected chi connectivity index (χ1v) is 6.97. The van der Waals surface area contributed by atoms with E-state index in [0.29, 0.717) is 5.02 Å². The van der Waals surface area contributed by atoms with Crippen LogP contribution in [0, 0.1) is 6.92 Å². The summed E-state index contributed by atoms with van der Waals surface area (Å²) in [5, 5.41) is 6.18. The Balaban J connectivity index is 2.44. The van der Waals surface area contributed by atoms with Crippen molar-refractivity contribution in [2.45, 2.75) is 13.0 Å². The molecule has 0 aliphatic rings. The van der Waals surface area contributed by atoms with E-state index in [1.807, 2.05) is 25.2 Å². The molecule has 1 N–H and O–H groups in total. The smallest absolute Gasteiger partial charge is 0.125 e. The number of ether oxygens (including phenoxy) is 1. The molecule has 0 saturated heterocycles. The predicted octanol–water partition coefficient (Wildman–Crippen LogP) is 4.03. The van der Waals surface area contributed by atoms with Crippen LogP contribution in [0.4, 0.5) is 0 Å². The van der Waals surface area contributed by atoms with Crippen LogP contribution in [-0.2, 0) is 0 Å². The van der Waals surface area contributed by atoms with Crippen LogP contribution in [0.3, 0.4) is 0 Å². The number of aryl methyl sites for hydroxylation is 1. The SMILES string of the molecule is CNC(c1csc(C)c1)c1ccc(Cl)cc1OC. The Morgan fingerprint density at radius 1 is 1.33 bits per heavy atom. The van der Waals surface area contributed by atoms with Crippen LogP contribution in [0.1, 0.15) is 22.0 Å². The van der Waals surface area contributed by atoms with Gasteiger partial charge in [0, 0.05) is 15.5 Å². The number of rotatable bonds is 4. The highest BCUT2D eigenvalue weighted by Crippen LogP contribution is 2.33. The number of hydrogen-bond acceptors (Lipinski definition) is 3. The van der Waals surface area contributed by atoms with Gasteiger partial charge in [-0.1, -0.05) is 17.7 Å². The highest BCUT2D eigenvalue weighted by Gasteiger charge is 2.17. The summed E-state index contributed by atoms with van der Waals surface area (Å²) in [5.41, 5.74) is 2.35. The van der Waals surface area contributed by atoms with E-state index >= 15 is 0 Å². The first-order valence-electron chi connectivity index (χ1n) is 5.71. The van der Waals surface area contributed by atoms with E-state index in [9.17, 15) is 0 Å². The summed E-state index contributed by atoms with van der Waals surface area (Å²) in [6, 6.07) is 8.07. The molecule has 2 nitrogen and oxygen atoms in total. The molecule has 0 aliphatic carbocycles. The van der Waals surface area contributed by atoms with Crippen LogP contribution >= 0.6 is 22.9 Å². The second-order valence-corrected chi connectivity index (χ2v) is 5.65. The van der Waals surface area contributed by atoms with Crippen molar-refractivity contribution in [1.29, 1.82) is 0 Å². The van der Waals surface area contributed by atoms with Gasteiger partial charge in [0.15, 0.2) is 0 Å². The minimum Gasteiger partial charge on any atom is -0.496 e. The molecule has 1 unspecified atom stereocenters. The molecule has 1 aromatic carbocycles. The first kappa shape index (κ1) is 13.4. The molecular formula is C14H16ClNOS. The lowest BCUT2D eigenvalue weighted by atomic mass is 10.00. The molecular weight excluding hydrogens is 266 g/mol. The Morgan fingerprint density at radius 3 is 2.67 bits per heavy atom. The average molecular weight is 282 g/mol. The third kappa shape index (κ3) is 2.69. The lowest BCUT2D eigenvalue weighted by molar-refractivity contribution is 0.405. The molecule has 0 radical (unpaired) electrons. The van der Waals surface area contributed by atoms with Gasteiger partial charge in [-0.05, 0) is 43.1 Å². The molecule has 2 aromatic rings. The zero-order chi connectivity index (χ0) is 13.1. The van der Waals surface area contributed by atoms with Gasteiger partial charge in [-0.15, -0.1) is 11.3 Å². The normalized spacial score (nSPS) is 12.4. The van der Waals surface area contributed by atoms with E-state index in [1.54, 1.807) is 18.4 Å². The molecule has 0 saturated carbocycles. The van der Waals surface area contributed by atoms with Gasteiger partial charge in [-0.25, -0.2) is 0 Å².